The Kier molecular flexibility index (Phi) is 4.40. The Morgan fingerprint density at radius 1 is 1.20 bits per heavy atom. The molecule has 2 heterocycles. The van der Waals surface area contributed by atoms with E-state index in [9.17, 15) is 4.79 Å². The monoisotopic (exact) mass is 343 g/mol. The molecule has 136 valence electrons. The third kappa shape index (κ3) is 4.03. The van der Waals surface area contributed by atoms with E-state index in [2.05, 4.69) is 56.5 Å². The van der Waals surface area contributed by atoms with Crippen molar-refractivity contribution in [1.82, 2.24) is 15.8 Å². The summed E-state index contributed by atoms with van der Waals surface area (Å²) in [5.74, 6) is 0.00641. The van der Waals surface area contributed by atoms with Crippen molar-refractivity contribution in [3.63, 3.8) is 0 Å². The van der Waals surface area contributed by atoms with Crippen molar-refractivity contribution >= 4 is 16.9 Å². The summed E-state index contributed by atoms with van der Waals surface area (Å²) in [6, 6.07) is 4.21. The predicted octanol–water partition coefficient (Wildman–Crippen LogP) is 3.41. The molecule has 0 spiro atoms. The minimum absolute atomic E-state index is 0.00641. The molecule has 0 radical (unpaired) electrons. The Balaban J connectivity index is 1.72. The summed E-state index contributed by atoms with van der Waals surface area (Å²) in [4.78, 5) is 12.6. The Labute approximate surface area is 149 Å². The lowest BCUT2D eigenvalue weighted by Gasteiger charge is -2.46. The lowest BCUT2D eigenvalue weighted by Crippen LogP contribution is -2.62. The molecule has 0 unspecified atom stereocenters. The van der Waals surface area contributed by atoms with Crippen molar-refractivity contribution in [1.29, 1.82) is 0 Å². The summed E-state index contributed by atoms with van der Waals surface area (Å²) < 4.78 is 5.40. The summed E-state index contributed by atoms with van der Waals surface area (Å²) in [7, 11) is 0. The number of benzene rings is 1. The van der Waals surface area contributed by atoms with Gasteiger partial charge in [0.25, 0.3) is 0 Å². The molecule has 0 aliphatic carbocycles. The van der Waals surface area contributed by atoms with Crippen LogP contribution in [0.2, 0.25) is 0 Å². The topological polar surface area (TPSA) is 67.2 Å². The van der Waals surface area contributed by atoms with Crippen LogP contribution in [0.1, 0.15) is 57.4 Å². The lowest BCUT2D eigenvalue weighted by atomic mass is 9.79. The fraction of sp³-hybridized carbons (Fsp3) is 0.600. The minimum Gasteiger partial charge on any atom is -0.356 e. The summed E-state index contributed by atoms with van der Waals surface area (Å²) in [5, 5.41) is 11.9. The highest BCUT2D eigenvalue weighted by Crippen LogP contribution is 2.29. The second-order valence-corrected chi connectivity index (χ2v) is 8.80. The Morgan fingerprint density at radius 3 is 2.44 bits per heavy atom. The zero-order valence-electron chi connectivity index (χ0n) is 16.1. The fourth-order valence-corrected chi connectivity index (χ4v) is 4.23. The van der Waals surface area contributed by atoms with Gasteiger partial charge in [-0.1, -0.05) is 5.16 Å². The second kappa shape index (κ2) is 6.13. The van der Waals surface area contributed by atoms with E-state index in [4.69, 9.17) is 4.52 Å². The molecule has 1 aromatic carbocycles. The van der Waals surface area contributed by atoms with Crippen molar-refractivity contribution in [3.8, 4) is 0 Å². The zero-order chi connectivity index (χ0) is 18.4. The van der Waals surface area contributed by atoms with Crippen molar-refractivity contribution < 1.29 is 9.32 Å². The molecule has 1 amide bonds. The average molecular weight is 343 g/mol. The molecule has 0 atom stereocenters. The van der Waals surface area contributed by atoms with Crippen LogP contribution in [0.5, 0.6) is 0 Å². The minimum atomic E-state index is 0.00641. The maximum absolute atomic E-state index is 12.6. The van der Waals surface area contributed by atoms with E-state index in [1.807, 2.05) is 13.0 Å². The number of carbonyl (C=O) groups is 1. The van der Waals surface area contributed by atoms with Gasteiger partial charge in [-0.25, -0.2) is 0 Å². The Hall–Kier alpha value is -1.88. The molecule has 0 bridgehead atoms. The summed E-state index contributed by atoms with van der Waals surface area (Å²) >= 11 is 0. The average Bonchev–Trinajstić information content (AvgIpc) is 2.78. The highest BCUT2D eigenvalue weighted by Gasteiger charge is 2.38. The first-order valence-electron chi connectivity index (χ1n) is 8.99. The first-order valence-corrected chi connectivity index (χ1v) is 8.99. The van der Waals surface area contributed by atoms with Gasteiger partial charge in [0.15, 0.2) is 5.58 Å². The number of aromatic nitrogens is 1. The van der Waals surface area contributed by atoms with Gasteiger partial charge in [-0.15, -0.1) is 0 Å². The summed E-state index contributed by atoms with van der Waals surface area (Å²) in [6.07, 6.45) is 2.08. The summed E-state index contributed by atoms with van der Waals surface area (Å²) in [5.41, 5.74) is 3.82. The summed E-state index contributed by atoms with van der Waals surface area (Å²) in [6.45, 7) is 12.8. The predicted molar refractivity (Wildman–Crippen MR) is 99.6 cm³/mol. The molecule has 0 saturated carbocycles. The van der Waals surface area contributed by atoms with Gasteiger partial charge in [0, 0.05) is 22.5 Å². The van der Waals surface area contributed by atoms with Crippen molar-refractivity contribution in [3.05, 3.63) is 29.0 Å². The van der Waals surface area contributed by atoms with E-state index in [0.29, 0.717) is 5.69 Å². The first kappa shape index (κ1) is 17.9. The van der Waals surface area contributed by atoms with Gasteiger partial charge in [-0.2, -0.15) is 0 Å². The molecular formula is C20H29N3O2. The molecule has 2 aromatic rings. The SMILES string of the molecule is Cc1cc2onc(CC(=O)NC3CC(C)(C)NC(C)(C)C3)c2cc1C. The normalized spacial score (nSPS) is 19.9. The van der Waals surface area contributed by atoms with Crippen LogP contribution in [0, 0.1) is 13.8 Å². The van der Waals surface area contributed by atoms with Gasteiger partial charge in [0.1, 0.15) is 5.69 Å². The largest absolute Gasteiger partial charge is 0.356 e. The number of nitrogens with one attached hydrogen (secondary N) is 2. The van der Waals surface area contributed by atoms with Gasteiger partial charge in [-0.05, 0) is 77.6 Å². The van der Waals surface area contributed by atoms with Crippen LogP contribution in [0.4, 0.5) is 0 Å². The maximum Gasteiger partial charge on any atom is 0.226 e. The third-order valence-electron chi connectivity index (χ3n) is 5.04. The molecule has 1 fully saturated rings. The van der Waals surface area contributed by atoms with Gasteiger partial charge in [-0.3, -0.25) is 4.79 Å². The van der Waals surface area contributed by atoms with Crippen LogP contribution in [-0.2, 0) is 11.2 Å². The molecule has 25 heavy (non-hydrogen) atoms. The number of nitrogens with zero attached hydrogens (tertiary/aromatic N) is 1. The van der Waals surface area contributed by atoms with E-state index in [1.54, 1.807) is 0 Å². The van der Waals surface area contributed by atoms with Gasteiger partial charge in [0.05, 0.1) is 6.42 Å². The molecule has 1 aromatic heterocycles. The molecule has 5 nitrogen and oxygen atoms in total. The first-order chi connectivity index (χ1) is 11.5. The second-order valence-electron chi connectivity index (χ2n) is 8.80. The molecule has 3 rings (SSSR count). The van der Waals surface area contributed by atoms with Crippen LogP contribution < -0.4 is 10.6 Å². The Bertz CT molecular complexity index is 789. The van der Waals surface area contributed by atoms with Gasteiger partial charge < -0.3 is 15.2 Å². The van der Waals surface area contributed by atoms with Crippen LogP contribution >= 0.6 is 0 Å². The highest BCUT2D eigenvalue weighted by molar-refractivity contribution is 5.87. The molecule has 5 heteroatoms. The molecule has 1 aliphatic heterocycles. The molecule has 1 saturated heterocycles. The number of rotatable bonds is 3. The number of aryl methyl sites for hydroxylation is 2. The number of fused-ring (bicyclic) bond motifs is 1. The highest BCUT2D eigenvalue weighted by atomic mass is 16.5. The van der Waals surface area contributed by atoms with Crippen LogP contribution in [0.25, 0.3) is 11.0 Å². The smallest absolute Gasteiger partial charge is 0.226 e. The number of hydrogen-bond acceptors (Lipinski definition) is 4. The Morgan fingerprint density at radius 2 is 1.80 bits per heavy atom. The maximum atomic E-state index is 12.6. The van der Waals surface area contributed by atoms with E-state index in [-0.39, 0.29) is 29.4 Å². The van der Waals surface area contributed by atoms with E-state index >= 15 is 0 Å². The van der Waals surface area contributed by atoms with Crippen LogP contribution in [0.3, 0.4) is 0 Å². The van der Waals surface area contributed by atoms with Crippen molar-refractivity contribution in [2.24, 2.45) is 0 Å². The van der Waals surface area contributed by atoms with Gasteiger partial charge in [0.2, 0.25) is 5.91 Å². The van der Waals surface area contributed by atoms with Crippen LogP contribution in [0.15, 0.2) is 16.7 Å². The van der Waals surface area contributed by atoms with E-state index in [0.717, 1.165) is 23.8 Å². The molecular weight excluding hydrogens is 314 g/mol. The molecule has 1 aliphatic rings. The van der Waals surface area contributed by atoms with Crippen molar-refractivity contribution in [2.45, 2.75) is 77.9 Å². The quantitative estimate of drug-likeness (QED) is 0.896. The van der Waals surface area contributed by atoms with Crippen LogP contribution in [-0.4, -0.2) is 28.2 Å². The lowest BCUT2D eigenvalue weighted by molar-refractivity contribution is -0.121. The number of carbonyl (C=O) groups excluding carboxylic acids is 1. The van der Waals surface area contributed by atoms with Crippen molar-refractivity contribution in [2.75, 3.05) is 0 Å². The third-order valence-corrected chi connectivity index (χ3v) is 5.04. The standard InChI is InChI=1S/C20H29N3O2/c1-12-7-15-16(22-25-17(15)8-13(12)2)9-18(24)21-14-10-19(3,4)23-20(5,6)11-14/h7-8,14,23H,9-11H2,1-6H3,(H,21,24). The fourth-order valence-electron chi connectivity index (χ4n) is 4.23. The number of amides is 1. The number of hydrogen-bond donors (Lipinski definition) is 2. The van der Waals surface area contributed by atoms with E-state index in [1.165, 1.54) is 11.1 Å². The van der Waals surface area contributed by atoms with Gasteiger partial charge >= 0.3 is 0 Å². The zero-order valence-corrected chi connectivity index (χ0v) is 16.1. The molecule has 2 N–H and O–H groups in total. The van der Waals surface area contributed by atoms with E-state index < -0.39 is 0 Å². The number of piperidine rings is 1.